The lowest BCUT2D eigenvalue weighted by atomic mass is 9.80. The van der Waals surface area contributed by atoms with Gasteiger partial charge in [0.1, 0.15) is 0 Å². The van der Waals surface area contributed by atoms with E-state index in [2.05, 4.69) is 145 Å². The summed E-state index contributed by atoms with van der Waals surface area (Å²) in [6.45, 7) is 4.57. The topological polar surface area (TPSA) is 43.6 Å². The van der Waals surface area contributed by atoms with Crippen LogP contribution in [0.25, 0.3) is 72.7 Å². The fraction of sp³-hybridized carbons (Fsp3) is 0.0714. The maximum absolute atomic E-state index is 5.38. The van der Waals surface area contributed by atoms with Crippen LogP contribution in [0.2, 0.25) is 0 Å². The third kappa shape index (κ3) is 3.97. The lowest BCUT2D eigenvalue weighted by Gasteiger charge is -2.24. The second-order valence-corrected chi connectivity index (χ2v) is 12.5. The van der Waals surface area contributed by atoms with Crippen LogP contribution >= 0.6 is 0 Å². The maximum atomic E-state index is 5.38. The van der Waals surface area contributed by atoms with Crippen LogP contribution < -0.4 is 0 Å². The van der Waals surface area contributed by atoms with Crippen LogP contribution in [0.4, 0.5) is 0 Å². The number of aromatic nitrogens is 4. The molecule has 3 heterocycles. The number of hydrogen-bond acceptors (Lipinski definition) is 3. The van der Waals surface area contributed by atoms with E-state index in [0.717, 1.165) is 45.3 Å². The van der Waals surface area contributed by atoms with Crippen molar-refractivity contribution in [3.05, 3.63) is 157 Å². The molecule has 0 saturated carbocycles. The first kappa shape index (κ1) is 26.5. The third-order valence-corrected chi connectivity index (χ3v) is 9.45. The molecule has 0 spiro atoms. The number of pyridine rings is 1. The molecule has 0 aliphatic heterocycles. The van der Waals surface area contributed by atoms with Gasteiger partial charge in [-0.3, -0.25) is 4.98 Å². The molecule has 1 aliphatic carbocycles. The molecule has 0 amide bonds. The molecule has 8 aromatic rings. The Balaban J connectivity index is 1.25. The van der Waals surface area contributed by atoms with Crippen LogP contribution in [-0.2, 0) is 5.41 Å². The summed E-state index contributed by atoms with van der Waals surface area (Å²) in [7, 11) is 0. The predicted octanol–water partition coefficient (Wildman–Crippen LogP) is 10.3. The number of fused-ring (bicyclic) bond motifs is 6. The fourth-order valence-corrected chi connectivity index (χ4v) is 7.27. The highest BCUT2D eigenvalue weighted by atomic mass is 15.0. The van der Waals surface area contributed by atoms with Gasteiger partial charge in [0.2, 0.25) is 0 Å². The van der Waals surface area contributed by atoms with E-state index in [4.69, 9.17) is 9.97 Å². The van der Waals surface area contributed by atoms with Crippen molar-refractivity contribution in [1.29, 1.82) is 0 Å². The van der Waals surface area contributed by atoms with Crippen LogP contribution in [-0.4, -0.2) is 19.5 Å². The number of benzene rings is 5. The van der Waals surface area contributed by atoms with Crippen LogP contribution in [0.15, 0.2) is 146 Å². The summed E-state index contributed by atoms with van der Waals surface area (Å²) in [5, 5.41) is 2.49. The lowest BCUT2D eigenvalue weighted by Crippen LogP contribution is -2.17. The zero-order valence-electron chi connectivity index (χ0n) is 25.6. The van der Waals surface area contributed by atoms with Gasteiger partial charge in [0.15, 0.2) is 5.82 Å². The average Bonchev–Trinajstić information content (AvgIpc) is 3.57. The third-order valence-electron chi connectivity index (χ3n) is 9.45. The Bertz CT molecular complexity index is 2380. The molecule has 218 valence electrons. The molecule has 3 aromatic heterocycles. The molecule has 0 atom stereocenters. The van der Waals surface area contributed by atoms with Gasteiger partial charge in [0.25, 0.3) is 0 Å². The van der Waals surface area contributed by atoms with Gasteiger partial charge in [-0.25, -0.2) is 9.97 Å². The Morgan fingerprint density at radius 2 is 1.20 bits per heavy atom. The first-order chi connectivity index (χ1) is 22.6. The normalized spacial score (nSPS) is 13.2. The second kappa shape index (κ2) is 10.1. The van der Waals surface area contributed by atoms with E-state index in [1.54, 1.807) is 0 Å². The van der Waals surface area contributed by atoms with Crippen molar-refractivity contribution in [3.8, 4) is 50.8 Å². The first-order valence-corrected chi connectivity index (χ1v) is 15.7. The largest absolute Gasteiger partial charge is 0.309 e. The summed E-state index contributed by atoms with van der Waals surface area (Å²) in [6, 6.07) is 49.1. The molecule has 0 fully saturated rings. The van der Waals surface area contributed by atoms with Crippen LogP contribution in [0.3, 0.4) is 0 Å². The number of para-hydroxylation sites is 2. The zero-order valence-corrected chi connectivity index (χ0v) is 25.6. The van der Waals surface area contributed by atoms with Gasteiger partial charge in [-0.15, -0.1) is 0 Å². The summed E-state index contributed by atoms with van der Waals surface area (Å²) in [4.78, 5) is 15.3. The zero-order chi connectivity index (χ0) is 30.8. The summed E-state index contributed by atoms with van der Waals surface area (Å²) in [5.74, 6) is 0.720. The van der Waals surface area contributed by atoms with Crippen molar-refractivity contribution in [3.63, 3.8) is 0 Å². The van der Waals surface area contributed by atoms with Crippen molar-refractivity contribution in [1.82, 2.24) is 19.5 Å². The summed E-state index contributed by atoms with van der Waals surface area (Å²) in [6.07, 6.45) is 1.83. The minimum atomic E-state index is -0.246. The number of nitrogens with zero attached hydrogens (tertiary/aromatic N) is 4. The molecule has 0 bridgehead atoms. The number of hydrogen-bond donors (Lipinski definition) is 0. The highest BCUT2D eigenvalue weighted by Crippen LogP contribution is 2.51. The Labute approximate surface area is 267 Å². The molecule has 0 radical (unpaired) electrons. The molecule has 46 heavy (non-hydrogen) atoms. The molecule has 4 heteroatoms. The van der Waals surface area contributed by atoms with E-state index in [9.17, 15) is 0 Å². The molecule has 0 N–H and O–H groups in total. The van der Waals surface area contributed by atoms with Gasteiger partial charge in [0, 0.05) is 55.9 Å². The van der Waals surface area contributed by atoms with Crippen LogP contribution in [0.1, 0.15) is 25.0 Å². The SMILES string of the molecule is CC1(C)c2ccccc2-c2nc(-c3cccc(-n4c5ccccc5c5ccccc54)c3)nc(-c3ccc(-c4ccccn4)cc3)c21. The Morgan fingerprint density at radius 3 is 1.93 bits per heavy atom. The summed E-state index contributed by atoms with van der Waals surface area (Å²) in [5.41, 5.74) is 12.9. The van der Waals surface area contributed by atoms with E-state index >= 15 is 0 Å². The maximum Gasteiger partial charge on any atom is 0.160 e. The highest BCUT2D eigenvalue weighted by molar-refractivity contribution is 6.09. The molecule has 4 nitrogen and oxygen atoms in total. The van der Waals surface area contributed by atoms with Gasteiger partial charge in [-0.1, -0.05) is 117 Å². The number of rotatable bonds is 4. The molecule has 0 saturated heterocycles. The van der Waals surface area contributed by atoms with E-state index in [1.165, 1.54) is 38.5 Å². The van der Waals surface area contributed by atoms with E-state index in [1.807, 2.05) is 24.4 Å². The molecule has 1 aliphatic rings. The Kier molecular flexibility index (Phi) is 5.81. The van der Waals surface area contributed by atoms with Crippen molar-refractivity contribution in [2.75, 3.05) is 0 Å². The Hall–Kier alpha value is -5.87. The van der Waals surface area contributed by atoms with Crippen LogP contribution in [0, 0.1) is 0 Å². The highest BCUT2D eigenvalue weighted by Gasteiger charge is 2.40. The minimum absolute atomic E-state index is 0.246. The molecule has 5 aromatic carbocycles. The summed E-state index contributed by atoms with van der Waals surface area (Å²) >= 11 is 0. The van der Waals surface area contributed by atoms with Gasteiger partial charge < -0.3 is 4.57 Å². The van der Waals surface area contributed by atoms with Gasteiger partial charge >= 0.3 is 0 Å². The van der Waals surface area contributed by atoms with Crippen molar-refractivity contribution in [2.45, 2.75) is 19.3 Å². The lowest BCUT2D eigenvalue weighted by molar-refractivity contribution is 0.658. The Morgan fingerprint density at radius 1 is 0.543 bits per heavy atom. The molecular formula is C42H30N4. The van der Waals surface area contributed by atoms with Gasteiger partial charge in [0.05, 0.1) is 28.1 Å². The summed E-state index contributed by atoms with van der Waals surface area (Å²) < 4.78 is 2.34. The van der Waals surface area contributed by atoms with Crippen molar-refractivity contribution in [2.24, 2.45) is 0 Å². The van der Waals surface area contributed by atoms with Gasteiger partial charge in [-0.2, -0.15) is 0 Å². The molecule has 0 unspecified atom stereocenters. The fourth-order valence-electron chi connectivity index (χ4n) is 7.27. The van der Waals surface area contributed by atoms with E-state index in [-0.39, 0.29) is 5.41 Å². The monoisotopic (exact) mass is 590 g/mol. The van der Waals surface area contributed by atoms with E-state index < -0.39 is 0 Å². The average molecular weight is 591 g/mol. The smallest absolute Gasteiger partial charge is 0.160 e. The molecular weight excluding hydrogens is 560 g/mol. The second-order valence-electron chi connectivity index (χ2n) is 12.5. The van der Waals surface area contributed by atoms with Crippen molar-refractivity contribution < 1.29 is 0 Å². The minimum Gasteiger partial charge on any atom is -0.309 e. The predicted molar refractivity (Wildman–Crippen MR) is 188 cm³/mol. The standard InChI is InChI=1S/C42H30N4/c1-42(2)34-17-6-3-16-33(34)40-38(42)39(28-23-21-27(22-24-28)35-18-9-10-25-43-35)44-41(45-40)29-12-11-13-30(26-29)46-36-19-7-4-14-31(36)32-15-5-8-20-37(32)46/h3-26H,1-2H3. The van der Waals surface area contributed by atoms with E-state index in [0.29, 0.717) is 0 Å². The first-order valence-electron chi connectivity index (χ1n) is 15.7. The van der Waals surface area contributed by atoms with Gasteiger partial charge in [-0.05, 0) is 42.0 Å². The van der Waals surface area contributed by atoms with Crippen molar-refractivity contribution >= 4 is 21.8 Å². The molecule has 9 rings (SSSR count). The quantitative estimate of drug-likeness (QED) is 0.205. The van der Waals surface area contributed by atoms with Crippen LogP contribution in [0.5, 0.6) is 0 Å².